The van der Waals surface area contributed by atoms with Gasteiger partial charge in [-0.25, -0.2) is 4.98 Å². The van der Waals surface area contributed by atoms with E-state index in [4.69, 9.17) is 0 Å². The molecule has 0 unspecified atom stereocenters. The van der Waals surface area contributed by atoms with Gasteiger partial charge in [-0.2, -0.15) is 4.37 Å². The number of pyridine rings is 1. The van der Waals surface area contributed by atoms with Gasteiger partial charge >= 0.3 is 0 Å². The van der Waals surface area contributed by atoms with Crippen LogP contribution in [-0.4, -0.2) is 29.1 Å². The van der Waals surface area contributed by atoms with Gasteiger partial charge in [0.1, 0.15) is 11.5 Å². The molecule has 0 N–H and O–H groups in total. The molecule has 3 rings (SSSR count). The summed E-state index contributed by atoms with van der Waals surface area (Å²) >= 11 is 2.86. The lowest BCUT2D eigenvalue weighted by Gasteiger charge is -2.12. The van der Waals surface area contributed by atoms with Crippen LogP contribution in [0.1, 0.15) is 26.6 Å². The first-order valence-electron chi connectivity index (χ1n) is 6.78. The van der Waals surface area contributed by atoms with Gasteiger partial charge in [0, 0.05) is 18.7 Å². The normalized spacial score (nSPS) is 11.8. The molecular formula is C14H16N6S2. The van der Waals surface area contributed by atoms with Crippen molar-refractivity contribution in [3.8, 4) is 11.5 Å². The first-order valence-corrected chi connectivity index (χ1v) is 8.37. The maximum atomic E-state index is 4.57. The second-order valence-electron chi connectivity index (χ2n) is 5.82. The van der Waals surface area contributed by atoms with Crippen LogP contribution in [0.5, 0.6) is 0 Å². The van der Waals surface area contributed by atoms with Crippen LogP contribution in [0.4, 0.5) is 0 Å². The van der Waals surface area contributed by atoms with Crippen molar-refractivity contribution in [1.82, 2.24) is 29.1 Å². The molecule has 0 spiro atoms. The molecule has 114 valence electrons. The summed E-state index contributed by atoms with van der Waals surface area (Å²) in [6.45, 7) is 6.31. The van der Waals surface area contributed by atoms with E-state index in [2.05, 4.69) is 45.3 Å². The predicted molar refractivity (Wildman–Crippen MR) is 87.0 cm³/mol. The molecule has 0 saturated carbocycles. The highest BCUT2D eigenvalue weighted by Crippen LogP contribution is 2.31. The van der Waals surface area contributed by atoms with Crippen LogP contribution < -0.4 is 0 Å². The lowest BCUT2D eigenvalue weighted by molar-refractivity contribution is 0.551. The van der Waals surface area contributed by atoms with E-state index in [1.807, 2.05) is 29.8 Å². The summed E-state index contributed by atoms with van der Waals surface area (Å²) in [6.07, 6.45) is 1.75. The predicted octanol–water partition coefficient (Wildman–Crippen LogP) is 3.18. The van der Waals surface area contributed by atoms with Gasteiger partial charge in [-0.05, 0) is 35.4 Å². The molecule has 6 nitrogen and oxygen atoms in total. The average Bonchev–Trinajstić information content (AvgIpc) is 3.08. The van der Waals surface area contributed by atoms with Gasteiger partial charge < -0.3 is 4.57 Å². The fraction of sp³-hybridized carbons (Fsp3) is 0.357. The Balaban J connectivity index is 1.85. The third-order valence-electron chi connectivity index (χ3n) is 2.99. The van der Waals surface area contributed by atoms with Crippen LogP contribution in [0.3, 0.4) is 0 Å². The first kappa shape index (κ1) is 15.1. The van der Waals surface area contributed by atoms with Gasteiger partial charge in [0.2, 0.25) is 0 Å². The van der Waals surface area contributed by atoms with Crippen LogP contribution in [0.15, 0.2) is 33.9 Å². The molecule has 0 aliphatic heterocycles. The topological polar surface area (TPSA) is 69.4 Å². The molecule has 22 heavy (non-hydrogen) atoms. The molecule has 0 bridgehead atoms. The molecule has 0 saturated heterocycles. The average molecular weight is 332 g/mol. The lowest BCUT2D eigenvalue weighted by atomic mass is 9.96. The Morgan fingerprint density at radius 3 is 2.64 bits per heavy atom. The zero-order chi connectivity index (χ0) is 15.7. The van der Waals surface area contributed by atoms with Crippen molar-refractivity contribution >= 4 is 23.3 Å². The summed E-state index contributed by atoms with van der Waals surface area (Å²) in [7, 11) is 1.93. The second kappa shape index (κ2) is 5.77. The summed E-state index contributed by atoms with van der Waals surface area (Å²) in [5.74, 6) is 1.59. The van der Waals surface area contributed by atoms with E-state index >= 15 is 0 Å². The van der Waals surface area contributed by atoms with Crippen molar-refractivity contribution in [2.75, 3.05) is 0 Å². The van der Waals surface area contributed by atoms with Gasteiger partial charge in [-0.3, -0.25) is 4.98 Å². The minimum Gasteiger partial charge on any atom is -0.304 e. The smallest absolute Gasteiger partial charge is 0.198 e. The minimum absolute atomic E-state index is 0.0473. The Bertz CT molecular complexity index is 772. The van der Waals surface area contributed by atoms with E-state index in [1.165, 1.54) is 23.3 Å². The van der Waals surface area contributed by atoms with E-state index in [-0.39, 0.29) is 5.41 Å². The summed E-state index contributed by atoms with van der Waals surface area (Å²) in [6, 6.07) is 5.73. The Morgan fingerprint density at radius 2 is 2.00 bits per heavy atom. The molecule has 0 aliphatic rings. The molecule has 0 aliphatic carbocycles. The zero-order valence-corrected chi connectivity index (χ0v) is 14.4. The summed E-state index contributed by atoms with van der Waals surface area (Å²) in [4.78, 5) is 8.88. The van der Waals surface area contributed by atoms with Gasteiger partial charge in [0.25, 0.3) is 0 Å². The zero-order valence-electron chi connectivity index (χ0n) is 12.8. The molecule has 3 aromatic rings. The van der Waals surface area contributed by atoms with Gasteiger partial charge in [0.15, 0.2) is 15.3 Å². The Morgan fingerprint density at radius 1 is 1.18 bits per heavy atom. The molecule has 0 fully saturated rings. The van der Waals surface area contributed by atoms with E-state index in [1.54, 1.807) is 6.20 Å². The van der Waals surface area contributed by atoms with E-state index < -0.39 is 0 Å². The maximum Gasteiger partial charge on any atom is 0.198 e. The standard InChI is InChI=1S/C14H16N6S2/c1-14(2,3)11-16-13(22-19-11)21-12-18-17-10(20(12)4)9-7-5-6-8-15-9/h5-8H,1-4H3. The van der Waals surface area contributed by atoms with E-state index in [0.29, 0.717) is 0 Å². The van der Waals surface area contributed by atoms with Gasteiger partial charge in [0.05, 0.1) is 0 Å². The summed E-state index contributed by atoms with van der Waals surface area (Å²) in [5, 5.41) is 9.23. The van der Waals surface area contributed by atoms with Crippen LogP contribution >= 0.6 is 23.3 Å². The van der Waals surface area contributed by atoms with E-state index in [9.17, 15) is 0 Å². The molecule has 0 atom stereocenters. The number of rotatable bonds is 3. The SMILES string of the molecule is Cn1c(Sc2nc(C(C)(C)C)ns2)nnc1-c1ccccn1. The van der Waals surface area contributed by atoms with Crippen molar-refractivity contribution in [2.45, 2.75) is 35.7 Å². The highest BCUT2D eigenvalue weighted by atomic mass is 32.2. The largest absolute Gasteiger partial charge is 0.304 e. The molecule has 0 radical (unpaired) electrons. The molecule has 3 heterocycles. The summed E-state index contributed by atoms with van der Waals surface area (Å²) in [5.41, 5.74) is 0.755. The second-order valence-corrected chi connectivity index (χ2v) is 7.78. The number of nitrogens with zero attached hydrogens (tertiary/aromatic N) is 6. The highest BCUT2D eigenvalue weighted by molar-refractivity contribution is 8.00. The van der Waals surface area contributed by atoms with Crippen molar-refractivity contribution < 1.29 is 0 Å². The maximum absolute atomic E-state index is 4.57. The molecule has 3 aromatic heterocycles. The van der Waals surface area contributed by atoms with Crippen molar-refractivity contribution in [1.29, 1.82) is 0 Å². The number of hydrogen-bond acceptors (Lipinski definition) is 7. The van der Waals surface area contributed by atoms with Crippen molar-refractivity contribution in [3.63, 3.8) is 0 Å². The Hall–Kier alpha value is -1.80. The van der Waals surface area contributed by atoms with E-state index in [0.717, 1.165) is 26.8 Å². The van der Waals surface area contributed by atoms with Crippen molar-refractivity contribution in [3.05, 3.63) is 30.2 Å². The first-order chi connectivity index (χ1) is 10.4. The fourth-order valence-electron chi connectivity index (χ4n) is 1.76. The third kappa shape index (κ3) is 3.02. The lowest BCUT2D eigenvalue weighted by Crippen LogP contribution is -2.12. The van der Waals surface area contributed by atoms with Gasteiger partial charge in [-0.15, -0.1) is 10.2 Å². The Labute approximate surface area is 137 Å². The van der Waals surface area contributed by atoms with Gasteiger partial charge in [-0.1, -0.05) is 26.8 Å². The Kier molecular flexibility index (Phi) is 3.96. The molecule has 0 aromatic carbocycles. The number of aromatic nitrogens is 6. The molecule has 0 amide bonds. The van der Waals surface area contributed by atoms with Crippen LogP contribution in [-0.2, 0) is 12.5 Å². The third-order valence-corrected chi connectivity index (χ3v) is 4.78. The highest BCUT2D eigenvalue weighted by Gasteiger charge is 2.21. The monoisotopic (exact) mass is 332 g/mol. The molecule has 8 heteroatoms. The van der Waals surface area contributed by atoms with Crippen LogP contribution in [0.2, 0.25) is 0 Å². The fourth-order valence-corrected chi connectivity index (χ4v) is 3.44. The summed E-state index contributed by atoms with van der Waals surface area (Å²) < 4.78 is 7.21. The van der Waals surface area contributed by atoms with Crippen LogP contribution in [0, 0.1) is 0 Å². The van der Waals surface area contributed by atoms with Crippen LogP contribution in [0.25, 0.3) is 11.5 Å². The number of hydrogen-bond donors (Lipinski definition) is 0. The molecular weight excluding hydrogens is 316 g/mol. The minimum atomic E-state index is -0.0473. The van der Waals surface area contributed by atoms with Crippen molar-refractivity contribution in [2.24, 2.45) is 7.05 Å². The quantitative estimate of drug-likeness (QED) is 0.734.